The van der Waals surface area contributed by atoms with Crippen molar-refractivity contribution in [1.29, 1.82) is 0 Å². The van der Waals surface area contributed by atoms with E-state index in [4.69, 9.17) is 4.74 Å². The molecule has 1 N–H and O–H groups in total. The predicted octanol–water partition coefficient (Wildman–Crippen LogP) is 0.543. The molecule has 5 nitrogen and oxygen atoms in total. The van der Waals surface area contributed by atoms with Crippen molar-refractivity contribution < 1.29 is 9.84 Å². The minimum atomic E-state index is -0.740. The molecule has 1 unspecified atom stereocenters. The lowest BCUT2D eigenvalue weighted by Crippen LogP contribution is -2.12. The smallest absolute Gasteiger partial charge is 0.154 e. The summed E-state index contributed by atoms with van der Waals surface area (Å²) in [5.74, 6) is 0.613. The zero-order valence-corrected chi connectivity index (χ0v) is 8.05. The SMILES string of the molecule is Cn1nncc1C(O)C1=CCCCO1. The highest BCUT2D eigenvalue weighted by atomic mass is 16.5. The molecule has 0 spiro atoms. The van der Waals surface area contributed by atoms with E-state index in [1.165, 1.54) is 0 Å². The van der Waals surface area contributed by atoms with E-state index in [-0.39, 0.29) is 0 Å². The van der Waals surface area contributed by atoms with Gasteiger partial charge in [-0.2, -0.15) is 0 Å². The highest BCUT2D eigenvalue weighted by Gasteiger charge is 2.20. The van der Waals surface area contributed by atoms with Gasteiger partial charge in [0.2, 0.25) is 0 Å². The van der Waals surface area contributed by atoms with Crippen molar-refractivity contribution in [3.8, 4) is 0 Å². The zero-order valence-electron chi connectivity index (χ0n) is 8.05. The number of aliphatic hydroxyl groups is 1. The lowest BCUT2D eigenvalue weighted by atomic mass is 10.1. The molecule has 0 bridgehead atoms. The van der Waals surface area contributed by atoms with E-state index in [2.05, 4.69) is 10.3 Å². The van der Waals surface area contributed by atoms with Crippen molar-refractivity contribution in [1.82, 2.24) is 15.0 Å². The van der Waals surface area contributed by atoms with Gasteiger partial charge < -0.3 is 9.84 Å². The summed E-state index contributed by atoms with van der Waals surface area (Å²) in [6.07, 6.45) is 4.69. The van der Waals surface area contributed by atoms with Crippen molar-refractivity contribution in [2.45, 2.75) is 18.9 Å². The van der Waals surface area contributed by atoms with Crippen LogP contribution < -0.4 is 0 Å². The molecule has 0 aromatic carbocycles. The summed E-state index contributed by atoms with van der Waals surface area (Å²) >= 11 is 0. The Hall–Kier alpha value is -1.36. The van der Waals surface area contributed by atoms with Gasteiger partial charge in [-0.25, -0.2) is 4.68 Å². The summed E-state index contributed by atoms with van der Waals surface area (Å²) < 4.78 is 6.91. The predicted molar refractivity (Wildman–Crippen MR) is 49.2 cm³/mol. The van der Waals surface area contributed by atoms with Crippen molar-refractivity contribution >= 4 is 0 Å². The molecule has 1 atom stereocenters. The number of ether oxygens (including phenoxy) is 1. The van der Waals surface area contributed by atoms with Crippen LogP contribution in [0.15, 0.2) is 18.0 Å². The van der Waals surface area contributed by atoms with Crippen molar-refractivity contribution in [3.63, 3.8) is 0 Å². The third-order valence-electron chi connectivity index (χ3n) is 2.26. The van der Waals surface area contributed by atoms with Crippen molar-refractivity contribution in [2.24, 2.45) is 7.05 Å². The van der Waals surface area contributed by atoms with Crippen LogP contribution in [0.3, 0.4) is 0 Å². The molecule has 1 aromatic heterocycles. The van der Waals surface area contributed by atoms with Gasteiger partial charge in [0, 0.05) is 7.05 Å². The van der Waals surface area contributed by atoms with Gasteiger partial charge in [0.15, 0.2) is 6.10 Å². The maximum absolute atomic E-state index is 9.92. The monoisotopic (exact) mass is 195 g/mol. The van der Waals surface area contributed by atoms with Crippen LogP contribution in [0.5, 0.6) is 0 Å². The molecular weight excluding hydrogens is 182 g/mol. The molecule has 2 rings (SSSR count). The second-order valence-corrected chi connectivity index (χ2v) is 3.28. The van der Waals surface area contributed by atoms with E-state index in [0.717, 1.165) is 12.8 Å². The van der Waals surface area contributed by atoms with E-state index in [9.17, 15) is 5.11 Å². The van der Waals surface area contributed by atoms with Gasteiger partial charge >= 0.3 is 0 Å². The minimum Gasteiger partial charge on any atom is -0.495 e. The van der Waals surface area contributed by atoms with Crippen LogP contribution in [-0.4, -0.2) is 26.7 Å². The molecule has 14 heavy (non-hydrogen) atoms. The van der Waals surface area contributed by atoms with Gasteiger partial charge in [0.1, 0.15) is 5.76 Å². The Labute approximate surface area is 82.0 Å². The van der Waals surface area contributed by atoms with Crippen LogP contribution in [0.25, 0.3) is 0 Å². The Morgan fingerprint density at radius 3 is 3.07 bits per heavy atom. The first kappa shape index (κ1) is 9.21. The lowest BCUT2D eigenvalue weighted by Gasteiger charge is -2.19. The number of hydrogen-bond donors (Lipinski definition) is 1. The van der Waals surface area contributed by atoms with Gasteiger partial charge in [0.25, 0.3) is 0 Å². The van der Waals surface area contributed by atoms with Crippen molar-refractivity contribution in [3.05, 3.63) is 23.7 Å². The summed E-state index contributed by atoms with van der Waals surface area (Å²) in [5, 5.41) is 17.4. The van der Waals surface area contributed by atoms with Crippen molar-refractivity contribution in [2.75, 3.05) is 6.61 Å². The molecule has 0 radical (unpaired) electrons. The summed E-state index contributed by atoms with van der Waals surface area (Å²) in [6, 6.07) is 0. The lowest BCUT2D eigenvalue weighted by molar-refractivity contribution is 0.0872. The van der Waals surface area contributed by atoms with E-state index < -0.39 is 6.10 Å². The number of nitrogens with zero attached hydrogens (tertiary/aromatic N) is 3. The fourth-order valence-electron chi connectivity index (χ4n) is 1.46. The van der Waals surface area contributed by atoms with Crippen LogP contribution in [0, 0.1) is 0 Å². The topological polar surface area (TPSA) is 60.2 Å². The highest BCUT2D eigenvalue weighted by Crippen LogP contribution is 2.24. The van der Waals surface area contributed by atoms with E-state index in [0.29, 0.717) is 18.1 Å². The molecule has 5 heteroatoms. The molecule has 1 aliphatic rings. The van der Waals surface area contributed by atoms with Gasteiger partial charge in [0.05, 0.1) is 18.5 Å². The molecule has 1 aliphatic heterocycles. The standard InChI is InChI=1S/C9H13N3O2/c1-12-7(6-10-11-12)9(13)8-4-2-3-5-14-8/h4,6,9,13H,2-3,5H2,1H3. The molecule has 76 valence electrons. The fraction of sp³-hybridized carbons (Fsp3) is 0.556. The number of aryl methyl sites for hydroxylation is 1. The number of aliphatic hydroxyl groups excluding tert-OH is 1. The molecule has 0 saturated carbocycles. The maximum atomic E-state index is 9.92. The molecule has 0 amide bonds. The molecule has 0 saturated heterocycles. The Kier molecular flexibility index (Phi) is 2.49. The summed E-state index contributed by atoms with van der Waals surface area (Å²) in [5.41, 5.74) is 0.651. The van der Waals surface area contributed by atoms with Gasteiger partial charge in [-0.05, 0) is 18.9 Å². The second kappa shape index (κ2) is 3.79. The quantitative estimate of drug-likeness (QED) is 0.748. The second-order valence-electron chi connectivity index (χ2n) is 3.28. The molecule has 0 aliphatic carbocycles. The van der Waals surface area contributed by atoms with Gasteiger partial charge in [-0.3, -0.25) is 0 Å². The van der Waals surface area contributed by atoms with E-state index in [1.807, 2.05) is 6.08 Å². The van der Waals surface area contributed by atoms with Gasteiger partial charge in [-0.15, -0.1) is 5.10 Å². The first-order chi connectivity index (χ1) is 6.79. The molecule has 1 aromatic rings. The Bertz CT molecular complexity index is 346. The van der Waals surface area contributed by atoms with Crippen LogP contribution in [-0.2, 0) is 11.8 Å². The van der Waals surface area contributed by atoms with Crippen LogP contribution in [0.2, 0.25) is 0 Å². The largest absolute Gasteiger partial charge is 0.495 e. The first-order valence-corrected chi connectivity index (χ1v) is 4.64. The van der Waals surface area contributed by atoms with Crippen LogP contribution in [0.4, 0.5) is 0 Å². The zero-order chi connectivity index (χ0) is 9.97. The Morgan fingerprint density at radius 2 is 2.50 bits per heavy atom. The van der Waals surface area contributed by atoms with Crippen LogP contribution >= 0.6 is 0 Å². The summed E-state index contributed by atoms with van der Waals surface area (Å²) in [6.45, 7) is 0.675. The highest BCUT2D eigenvalue weighted by molar-refractivity contribution is 5.13. The molecule has 2 heterocycles. The molecule has 0 fully saturated rings. The normalized spacial score (nSPS) is 18.6. The Morgan fingerprint density at radius 1 is 1.64 bits per heavy atom. The summed E-state index contributed by atoms with van der Waals surface area (Å²) in [4.78, 5) is 0. The summed E-state index contributed by atoms with van der Waals surface area (Å²) in [7, 11) is 1.74. The fourth-order valence-corrected chi connectivity index (χ4v) is 1.46. The number of allylic oxidation sites excluding steroid dienone is 1. The third-order valence-corrected chi connectivity index (χ3v) is 2.26. The third kappa shape index (κ3) is 1.63. The average molecular weight is 195 g/mol. The molecular formula is C9H13N3O2. The number of aromatic nitrogens is 3. The van der Waals surface area contributed by atoms with Gasteiger partial charge in [-0.1, -0.05) is 5.21 Å². The first-order valence-electron chi connectivity index (χ1n) is 4.64. The minimum absolute atomic E-state index is 0.613. The number of rotatable bonds is 2. The van der Waals surface area contributed by atoms with Crippen LogP contribution in [0.1, 0.15) is 24.6 Å². The van der Waals surface area contributed by atoms with E-state index in [1.54, 1.807) is 17.9 Å². The average Bonchev–Trinajstić information content (AvgIpc) is 2.65. The van der Waals surface area contributed by atoms with E-state index >= 15 is 0 Å². The Balaban J connectivity index is 2.19. The number of hydrogen-bond acceptors (Lipinski definition) is 4. The maximum Gasteiger partial charge on any atom is 0.154 e.